The number of H-pyrrole nitrogens is 1. The van der Waals surface area contributed by atoms with Crippen LogP contribution in [0.5, 0.6) is 0 Å². The van der Waals surface area contributed by atoms with Gasteiger partial charge in [0.25, 0.3) is 5.91 Å². The minimum atomic E-state index is -0.236. The SMILES string of the molecule is Cc1cc(=O)cc(C(=O)N[C@H](C2CCNCC2)C2CC(O)C2)[nH]1. The molecule has 2 heterocycles. The molecule has 1 aromatic heterocycles. The quantitative estimate of drug-likeness (QED) is 0.652. The number of pyridine rings is 1. The standard InChI is InChI=1S/C17H25N3O3/c1-10-6-13(21)9-15(19-10)17(23)20-16(12-7-14(22)8-12)11-2-4-18-5-3-11/h6,9,11-12,14,16,18,22H,2-5,7-8H2,1H3,(H,19,21)(H,20,23)/t12?,14?,16-/m1/s1. The van der Waals surface area contributed by atoms with Gasteiger partial charge in [0.05, 0.1) is 6.10 Å². The maximum Gasteiger partial charge on any atom is 0.268 e. The Bertz CT molecular complexity index is 616. The summed E-state index contributed by atoms with van der Waals surface area (Å²) in [6, 6.07) is 2.89. The van der Waals surface area contributed by atoms with E-state index >= 15 is 0 Å². The van der Waals surface area contributed by atoms with E-state index in [0.717, 1.165) is 38.8 Å². The number of rotatable bonds is 4. The largest absolute Gasteiger partial charge is 0.393 e. The molecule has 1 saturated carbocycles. The summed E-state index contributed by atoms with van der Waals surface area (Å²) in [5.74, 6) is 0.526. The Morgan fingerprint density at radius 3 is 2.57 bits per heavy atom. The van der Waals surface area contributed by atoms with E-state index in [2.05, 4.69) is 15.6 Å². The molecule has 0 spiro atoms. The van der Waals surface area contributed by atoms with Crippen molar-refractivity contribution in [1.82, 2.24) is 15.6 Å². The predicted octanol–water partition coefficient (Wildman–Crippen LogP) is 0.552. The Balaban J connectivity index is 1.74. The number of carbonyl (C=O) groups is 1. The Morgan fingerprint density at radius 2 is 1.96 bits per heavy atom. The zero-order valence-electron chi connectivity index (χ0n) is 13.5. The third-order valence-electron chi connectivity index (χ3n) is 5.07. The summed E-state index contributed by atoms with van der Waals surface area (Å²) in [5.41, 5.74) is 0.831. The van der Waals surface area contributed by atoms with E-state index in [1.165, 1.54) is 12.1 Å². The second kappa shape index (κ2) is 6.84. The van der Waals surface area contributed by atoms with Crippen molar-refractivity contribution < 1.29 is 9.90 Å². The Morgan fingerprint density at radius 1 is 1.26 bits per heavy atom. The maximum absolute atomic E-state index is 12.6. The van der Waals surface area contributed by atoms with Crippen LogP contribution in [0.1, 0.15) is 41.9 Å². The number of aliphatic hydroxyl groups excluding tert-OH is 1. The van der Waals surface area contributed by atoms with Crippen molar-refractivity contribution in [3.8, 4) is 0 Å². The average Bonchev–Trinajstić information content (AvgIpc) is 2.49. The fourth-order valence-electron chi connectivity index (χ4n) is 3.78. The highest BCUT2D eigenvalue weighted by atomic mass is 16.3. The summed E-state index contributed by atoms with van der Waals surface area (Å²) in [7, 11) is 0. The average molecular weight is 319 g/mol. The van der Waals surface area contributed by atoms with Crippen LogP contribution in [0.4, 0.5) is 0 Å². The van der Waals surface area contributed by atoms with Crippen LogP contribution < -0.4 is 16.1 Å². The topological polar surface area (TPSA) is 94.2 Å². The van der Waals surface area contributed by atoms with Crippen molar-refractivity contribution in [3.63, 3.8) is 0 Å². The first-order chi connectivity index (χ1) is 11.0. The summed E-state index contributed by atoms with van der Waals surface area (Å²) in [5, 5.41) is 16.1. The molecule has 6 heteroatoms. The lowest BCUT2D eigenvalue weighted by atomic mass is 9.71. The van der Waals surface area contributed by atoms with Crippen LogP contribution >= 0.6 is 0 Å². The van der Waals surface area contributed by atoms with Gasteiger partial charge in [0.1, 0.15) is 5.69 Å². The van der Waals surface area contributed by atoms with Crippen LogP contribution in [0.25, 0.3) is 0 Å². The molecule has 1 aliphatic heterocycles. The zero-order valence-corrected chi connectivity index (χ0v) is 13.5. The lowest BCUT2D eigenvalue weighted by molar-refractivity contribution is 0.00913. The summed E-state index contributed by atoms with van der Waals surface area (Å²) >= 11 is 0. The van der Waals surface area contributed by atoms with Crippen LogP contribution in [-0.2, 0) is 0 Å². The zero-order chi connectivity index (χ0) is 16.4. The second-order valence-corrected chi connectivity index (χ2v) is 6.88. The minimum absolute atomic E-state index is 0.0667. The van der Waals surface area contributed by atoms with Crippen LogP contribution in [0, 0.1) is 18.8 Å². The number of aliphatic hydroxyl groups is 1. The molecule has 23 heavy (non-hydrogen) atoms. The maximum atomic E-state index is 12.6. The molecule has 2 fully saturated rings. The first-order valence-electron chi connectivity index (χ1n) is 8.43. The van der Waals surface area contributed by atoms with E-state index in [1.807, 2.05) is 0 Å². The monoisotopic (exact) mass is 319 g/mol. The molecule has 1 amide bonds. The normalized spacial score (nSPS) is 26.3. The number of hydrogen-bond donors (Lipinski definition) is 4. The highest BCUT2D eigenvalue weighted by Crippen LogP contribution is 2.35. The fourth-order valence-corrected chi connectivity index (χ4v) is 3.78. The summed E-state index contributed by atoms with van der Waals surface area (Å²) in [4.78, 5) is 27.1. The molecule has 3 rings (SSSR count). The number of amides is 1. The summed E-state index contributed by atoms with van der Waals surface area (Å²) < 4.78 is 0. The van der Waals surface area contributed by atoms with E-state index in [1.54, 1.807) is 6.92 Å². The molecular formula is C17H25N3O3. The first kappa shape index (κ1) is 16.2. The Labute approximate surface area is 135 Å². The van der Waals surface area contributed by atoms with Gasteiger partial charge in [0, 0.05) is 23.9 Å². The van der Waals surface area contributed by atoms with Crippen molar-refractivity contribution in [2.45, 2.75) is 44.8 Å². The van der Waals surface area contributed by atoms with E-state index in [-0.39, 0.29) is 23.5 Å². The molecule has 1 atom stereocenters. The van der Waals surface area contributed by atoms with E-state index in [4.69, 9.17) is 0 Å². The Hall–Kier alpha value is -1.66. The third kappa shape index (κ3) is 3.82. The molecular weight excluding hydrogens is 294 g/mol. The lowest BCUT2D eigenvalue weighted by Gasteiger charge is -2.43. The van der Waals surface area contributed by atoms with Gasteiger partial charge in [-0.25, -0.2) is 0 Å². The van der Waals surface area contributed by atoms with E-state index in [0.29, 0.717) is 23.2 Å². The van der Waals surface area contributed by atoms with E-state index < -0.39 is 0 Å². The molecule has 0 unspecified atom stereocenters. The number of aromatic amines is 1. The predicted molar refractivity (Wildman–Crippen MR) is 87.4 cm³/mol. The highest BCUT2D eigenvalue weighted by Gasteiger charge is 2.39. The molecule has 1 saturated heterocycles. The molecule has 2 aliphatic rings. The highest BCUT2D eigenvalue weighted by molar-refractivity contribution is 5.92. The van der Waals surface area contributed by atoms with Gasteiger partial charge < -0.3 is 20.7 Å². The molecule has 0 bridgehead atoms. The van der Waals surface area contributed by atoms with Crippen molar-refractivity contribution in [1.29, 1.82) is 0 Å². The number of hydrogen-bond acceptors (Lipinski definition) is 4. The van der Waals surface area contributed by atoms with Crippen LogP contribution in [-0.4, -0.2) is 41.2 Å². The molecule has 4 N–H and O–H groups in total. The number of nitrogens with one attached hydrogen (secondary N) is 3. The van der Waals surface area contributed by atoms with Crippen molar-refractivity contribution in [2.24, 2.45) is 11.8 Å². The number of aromatic nitrogens is 1. The lowest BCUT2D eigenvalue weighted by Crippen LogP contribution is -2.53. The minimum Gasteiger partial charge on any atom is -0.393 e. The van der Waals surface area contributed by atoms with Crippen LogP contribution in [0.2, 0.25) is 0 Å². The molecule has 1 aliphatic carbocycles. The van der Waals surface area contributed by atoms with Crippen LogP contribution in [0.15, 0.2) is 16.9 Å². The number of piperidine rings is 1. The molecule has 0 radical (unpaired) electrons. The van der Waals surface area contributed by atoms with Crippen molar-refractivity contribution >= 4 is 5.91 Å². The van der Waals surface area contributed by atoms with Gasteiger partial charge in [0.15, 0.2) is 5.43 Å². The third-order valence-corrected chi connectivity index (χ3v) is 5.07. The Kier molecular flexibility index (Phi) is 4.82. The van der Waals surface area contributed by atoms with E-state index in [9.17, 15) is 14.7 Å². The van der Waals surface area contributed by atoms with Gasteiger partial charge in [-0.2, -0.15) is 0 Å². The summed E-state index contributed by atoms with van der Waals surface area (Å²) in [6.45, 7) is 3.70. The van der Waals surface area contributed by atoms with Crippen molar-refractivity contribution in [2.75, 3.05) is 13.1 Å². The summed E-state index contributed by atoms with van der Waals surface area (Å²) in [6.07, 6.45) is 3.32. The van der Waals surface area contributed by atoms with Gasteiger partial charge in [0.2, 0.25) is 0 Å². The fraction of sp³-hybridized carbons (Fsp3) is 0.647. The smallest absolute Gasteiger partial charge is 0.268 e. The van der Waals surface area contributed by atoms with Gasteiger partial charge in [-0.1, -0.05) is 0 Å². The van der Waals surface area contributed by atoms with Gasteiger partial charge in [-0.15, -0.1) is 0 Å². The van der Waals surface area contributed by atoms with Gasteiger partial charge >= 0.3 is 0 Å². The van der Waals surface area contributed by atoms with Crippen LogP contribution in [0.3, 0.4) is 0 Å². The molecule has 1 aromatic rings. The van der Waals surface area contributed by atoms with Gasteiger partial charge in [-0.3, -0.25) is 9.59 Å². The number of aryl methyl sites for hydroxylation is 1. The number of carbonyl (C=O) groups excluding carboxylic acids is 1. The first-order valence-corrected chi connectivity index (χ1v) is 8.43. The van der Waals surface area contributed by atoms with Gasteiger partial charge in [-0.05, 0) is 57.5 Å². The molecule has 126 valence electrons. The molecule has 6 nitrogen and oxygen atoms in total. The molecule has 0 aromatic carbocycles. The second-order valence-electron chi connectivity index (χ2n) is 6.88. The van der Waals surface area contributed by atoms with Crippen molar-refractivity contribution in [3.05, 3.63) is 33.7 Å².